The van der Waals surface area contributed by atoms with Crippen LogP contribution in [0, 0.1) is 5.92 Å². The highest BCUT2D eigenvalue weighted by Crippen LogP contribution is 2.22. The molecule has 0 fully saturated rings. The van der Waals surface area contributed by atoms with Gasteiger partial charge in [-0.05, 0) is 47.6 Å². The summed E-state index contributed by atoms with van der Waals surface area (Å²) in [6, 6.07) is 22.5. The molecule has 2 aromatic carbocycles. The molecule has 1 aromatic heterocycles. The van der Waals surface area contributed by atoms with Crippen LogP contribution in [-0.2, 0) is 4.79 Å². The zero-order valence-corrected chi connectivity index (χ0v) is 18.0. The van der Waals surface area contributed by atoms with Gasteiger partial charge < -0.3 is 10.6 Å². The summed E-state index contributed by atoms with van der Waals surface area (Å²) < 4.78 is 0. The van der Waals surface area contributed by atoms with Gasteiger partial charge in [0.05, 0.1) is 6.04 Å². The SMILES string of the molecule is CC(C)C[C@@H](NC(=O)/C(=C/c1cccs1)NC(=O)c1ccccc1)c1ccccc1. The summed E-state index contributed by atoms with van der Waals surface area (Å²) in [6.07, 6.45) is 2.52. The summed E-state index contributed by atoms with van der Waals surface area (Å²) in [7, 11) is 0. The quantitative estimate of drug-likeness (QED) is 0.480. The third-order valence-corrected chi connectivity index (χ3v) is 5.39. The minimum atomic E-state index is -0.311. The molecule has 0 aliphatic carbocycles. The third kappa shape index (κ3) is 6.16. The fourth-order valence-corrected chi connectivity index (χ4v) is 3.79. The summed E-state index contributed by atoms with van der Waals surface area (Å²) in [6.45, 7) is 4.25. The number of nitrogens with one attached hydrogen (secondary N) is 2. The first-order valence-corrected chi connectivity index (χ1v) is 10.9. The monoisotopic (exact) mass is 418 g/mol. The molecule has 2 amide bonds. The van der Waals surface area contributed by atoms with Crippen LogP contribution in [0.3, 0.4) is 0 Å². The van der Waals surface area contributed by atoms with Crippen molar-refractivity contribution >= 4 is 29.2 Å². The average molecular weight is 419 g/mol. The largest absolute Gasteiger partial charge is 0.344 e. The first kappa shape index (κ1) is 21.5. The van der Waals surface area contributed by atoms with E-state index in [2.05, 4.69) is 24.5 Å². The van der Waals surface area contributed by atoms with Crippen LogP contribution in [0.2, 0.25) is 0 Å². The van der Waals surface area contributed by atoms with E-state index in [9.17, 15) is 9.59 Å². The molecule has 0 saturated heterocycles. The van der Waals surface area contributed by atoms with Crippen LogP contribution in [0.15, 0.2) is 83.9 Å². The van der Waals surface area contributed by atoms with E-state index in [4.69, 9.17) is 0 Å². The van der Waals surface area contributed by atoms with Crippen LogP contribution < -0.4 is 10.6 Å². The highest BCUT2D eigenvalue weighted by molar-refractivity contribution is 7.10. The van der Waals surface area contributed by atoms with Crippen LogP contribution in [0.1, 0.15) is 47.1 Å². The molecule has 2 N–H and O–H groups in total. The summed E-state index contributed by atoms with van der Waals surface area (Å²) in [5, 5.41) is 7.85. The van der Waals surface area contributed by atoms with Gasteiger partial charge in [0.15, 0.2) is 0 Å². The average Bonchev–Trinajstić information content (AvgIpc) is 3.27. The summed E-state index contributed by atoms with van der Waals surface area (Å²) in [5.41, 5.74) is 1.78. The Hall–Kier alpha value is -3.18. The number of benzene rings is 2. The molecule has 0 unspecified atom stereocenters. The molecule has 0 radical (unpaired) electrons. The first-order valence-electron chi connectivity index (χ1n) is 10.0. The van der Waals surface area contributed by atoms with Crippen molar-refractivity contribution in [3.8, 4) is 0 Å². The van der Waals surface area contributed by atoms with Gasteiger partial charge in [-0.1, -0.05) is 68.4 Å². The Kier molecular flexibility index (Phi) is 7.57. The molecule has 5 heteroatoms. The Bertz CT molecular complexity index is 981. The summed E-state index contributed by atoms with van der Waals surface area (Å²) in [4.78, 5) is 26.8. The molecule has 1 atom stereocenters. The van der Waals surface area contributed by atoms with E-state index in [0.717, 1.165) is 16.9 Å². The lowest BCUT2D eigenvalue weighted by atomic mass is 9.97. The smallest absolute Gasteiger partial charge is 0.268 e. The second-order valence-corrected chi connectivity index (χ2v) is 8.44. The van der Waals surface area contributed by atoms with Crippen molar-refractivity contribution in [3.05, 3.63) is 99.9 Å². The highest BCUT2D eigenvalue weighted by atomic mass is 32.1. The molecule has 1 heterocycles. The van der Waals surface area contributed by atoms with Crippen molar-refractivity contribution in [1.29, 1.82) is 0 Å². The van der Waals surface area contributed by atoms with Gasteiger partial charge in [-0.15, -0.1) is 11.3 Å². The van der Waals surface area contributed by atoms with E-state index in [1.54, 1.807) is 30.3 Å². The van der Waals surface area contributed by atoms with Crippen LogP contribution >= 0.6 is 11.3 Å². The number of amides is 2. The third-order valence-electron chi connectivity index (χ3n) is 4.57. The van der Waals surface area contributed by atoms with Crippen LogP contribution in [0.5, 0.6) is 0 Å². The minimum absolute atomic E-state index is 0.140. The predicted octanol–water partition coefficient (Wildman–Crippen LogP) is 5.42. The van der Waals surface area contributed by atoms with Gasteiger partial charge in [0.25, 0.3) is 11.8 Å². The maximum atomic E-state index is 13.2. The van der Waals surface area contributed by atoms with Gasteiger partial charge in [-0.3, -0.25) is 9.59 Å². The Morgan fingerprint density at radius 2 is 1.60 bits per heavy atom. The van der Waals surface area contributed by atoms with Crippen molar-refractivity contribution in [1.82, 2.24) is 10.6 Å². The van der Waals surface area contributed by atoms with Gasteiger partial charge in [-0.2, -0.15) is 0 Å². The lowest BCUT2D eigenvalue weighted by molar-refractivity contribution is -0.118. The highest BCUT2D eigenvalue weighted by Gasteiger charge is 2.20. The summed E-state index contributed by atoms with van der Waals surface area (Å²) >= 11 is 1.51. The molecule has 30 heavy (non-hydrogen) atoms. The summed E-state index contributed by atoms with van der Waals surface area (Å²) in [5.74, 6) is -0.213. The molecule has 3 aromatic rings. The fraction of sp³-hybridized carbons (Fsp3) is 0.200. The molecule has 154 valence electrons. The van der Waals surface area contributed by atoms with Gasteiger partial charge in [0, 0.05) is 10.4 Å². The Morgan fingerprint density at radius 3 is 2.20 bits per heavy atom. The van der Waals surface area contributed by atoms with Gasteiger partial charge in [-0.25, -0.2) is 0 Å². The number of hydrogen-bond acceptors (Lipinski definition) is 3. The van der Waals surface area contributed by atoms with E-state index >= 15 is 0 Å². The molecule has 4 nitrogen and oxygen atoms in total. The maximum absolute atomic E-state index is 13.2. The molecule has 0 aliphatic heterocycles. The number of thiophene rings is 1. The Balaban J connectivity index is 1.84. The first-order chi connectivity index (χ1) is 14.5. The van der Waals surface area contributed by atoms with Crippen molar-refractivity contribution in [3.63, 3.8) is 0 Å². The Morgan fingerprint density at radius 1 is 0.933 bits per heavy atom. The van der Waals surface area contributed by atoms with Gasteiger partial charge in [0.1, 0.15) is 5.70 Å². The zero-order valence-electron chi connectivity index (χ0n) is 17.2. The second kappa shape index (κ2) is 10.6. The number of hydrogen-bond donors (Lipinski definition) is 2. The van der Waals surface area contributed by atoms with Gasteiger partial charge in [0.2, 0.25) is 0 Å². The van der Waals surface area contributed by atoms with Crippen molar-refractivity contribution in [2.75, 3.05) is 0 Å². The molecule has 0 saturated carbocycles. The number of carbonyl (C=O) groups is 2. The van der Waals surface area contributed by atoms with Gasteiger partial charge >= 0.3 is 0 Å². The minimum Gasteiger partial charge on any atom is -0.344 e. The van der Waals surface area contributed by atoms with Crippen molar-refractivity contribution in [2.24, 2.45) is 5.92 Å². The molecule has 0 spiro atoms. The number of carbonyl (C=O) groups excluding carboxylic acids is 2. The molecular formula is C25H26N2O2S. The standard InChI is InChI=1S/C25H26N2O2S/c1-18(2)16-22(19-10-5-3-6-11-19)26-25(29)23(17-21-14-9-15-30-21)27-24(28)20-12-7-4-8-13-20/h3-15,17-18,22H,16H2,1-2H3,(H,26,29)(H,27,28)/b23-17-/t22-/m1/s1. The fourth-order valence-electron chi connectivity index (χ4n) is 3.13. The van der Waals surface area contributed by atoms with Crippen molar-refractivity contribution < 1.29 is 9.59 Å². The molecule has 0 bridgehead atoms. The van der Waals surface area contributed by atoms with Crippen LogP contribution in [0.4, 0.5) is 0 Å². The molecule has 0 aliphatic rings. The van der Waals surface area contributed by atoms with E-state index in [1.807, 2.05) is 53.9 Å². The van der Waals surface area contributed by atoms with E-state index in [1.165, 1.54) is 11.3 Å². The van der Waals surface area contributed by atoms with E-state index in [-0.39, 0.29) is 23.6 Å². The van der Waals surface area contributed by atoms with E-state index in [0.29, 0.717) is 11.5 Å². The topological polar surface area (TPSA) is 58.2 Å². The Labute approximate surface area is 181 Å². The van der Waals surface area contributed by atoms with Crippen LogP contribution in [-0.4, -0.2) is 11.8 Å². The van der Waals surface area contributed by atoms with E-state index < -0.39 is 0 Å². The maximum Gasteiger partial charge on any atom is 0.268 e. The van der Waals surface area contributed by atoms with Crippen molar-refractivity contribution in [2.45, 2.75) is 26.3 Å². The predicted molar refractivity (Wildman–Crippen MR) is 123 cm³/mol. The molecular weight excluding hydrogens is 392 g/mol. The van der Waals surface area contributed by atoms with Crippen LogP contribution in [0.25, 0.3) is 6.08 Å². The zero-order chi connectivity index (χ0) is 21.3. The number of rotatable bonds is 8. The lowest BCUT2D eigenvalue weighted by Crippen LogP contribution is -2.37. The second-order valence-electron chi connectivity index (χ2n) is 7.46. The molecule has 3 rings (SSSR count). The normalized spacial score (nSPS) is 12.4. The lowest BCUT2D eigenvalue weighted by Gasteiger charge is -2.22.